The fourth-order valence-electron chi connectivity index (χ4n) is 2.26. The van der Waals surface area contributed by atoms with Crippen LogP contribution < -0.4 is 16.8 Å². The van der Waals surface area contributed by atoms with Crippen LogP contribution in [0.5, 0.6) is 0 Å². The molecular weight excluding hydrogens is 379 g/mol. The molecular formula is C17H18Cl2N4OS. The molecule has 25 heavy (non-hydrogen) atoms. The van der Waals surface area contributed by atoms with Crippen LogP contribution in [0.15, 0.2) is 47.6 Å². The number of nitrogens with two attached hydrogens (primary N) is 2. The van der Waals surface area contributed by atoms with E-state index in [1.807, 2.05) is 12.1 Å². The Hall–Kier alpha value is -1.86. The van der Waals surface area contributed by atoms with Crippen molar-refractivity contribution in [3.63, 3.8) is 0 Å². The van der Waals surface area contributed by atoms with Gasteiger partial charge in [-0.1, -0.05) is 35.3 Å². The van der Waals surface area contributed by atoms with Gasteiger partial charge in [0.25, 0.3) is 5.91 Å². The van der Waals surface area contributed by atoms with Crippen LogP contribution in [0.3, 0.4) is 0 Å². The molecule has 0 aliphatic rings. The van der Waals surface area contributed by atoms with Crippen molar-refractivity contribution >= 4 is 46.2 Å². The highest BCUT2D eigenvalue weighted by Crippen LogP contribution is 2.29. The summed E-state index contributed by atoms with van der Waals surface area (Å²) in [6.45, 7) is 0.246. The molecule has 0 bridgehead atoms. The van der Waals surface area contributed by atoms with E-state index in [1.54, 1.807) is 31.3 Å². The number of benzene rings is 1. The molecule has 1 aromatic carbocycles. The summed E-state index contributed by atoms with van der Waals surface area (Å²) in [6.07, 6.45) is 3.00. The van der Waals surface area contributed by atoms with Crippen molar-refractivity contribution in [2.45, 2.75) is 6.04 Å². The predicted molar refractivity (Wildman–Crippen MR) is 106 cm³/mol. The number of carbonyl (C=O) groups is 1. The minimum atomic E-state index is -0.348. The number of halogens is 2. The molecule has 1 atom stereocenters. The van der Waals surface area contributed by atoms with E-state index in [1.165, 1.54) is 17.5 Å². The molecule has 0 spiro atoms. The zero-order valence-corrected chi connectivity index (χ0v) is 15.8. The van der Waals surface area contributed by atoms with Gasteiger partial charge in [0.05, 0.1) is 16.6 Å². The maximum Gasteiger partial charge on any atom is 0.261 e. The van der Waals surface area contributed by atoms with Crippen molar-refractivity contribution in [2.75, 3.05) is 13.6 Å². The van der Waals surface area contributed by atoms with E-state index in [0.717, 1.165) is 5.56 Å². The zero-order chi connectivity index (χ0) is 18.4. The number of hydrogen-bond acceptors (Lipinski definition) is 5. The molecule has 1 amide bonds. The predicted octanol–water partition coefficient (Wildman–Crippen LogP) is 3.38. The number of carbonyl (C=O) groups excluding carboxylic acids is 1. The molecule has 0 aliphatic heterocycles. The molecule has 132 valence electrons. The lowest BCUT2D eigenvalue weighted by atomic mass is 10.1. The van der Waals surface area contributed by atoms with Gasteiger partial charge in [0.15, 0.2) is 0 Å². The molecule has 5 N–H and O–H groups in total. The molecule has 1 aromatic heterocycles. The second-order valence-corrected chi connectivity index (χ2v) is 7.17. The monoisotopic (exact) mass is 396 g/mol. The van der Waals surface area contributed by atoms with Crippen molar-refractivity contribution in [3.05, 3.63) is 68.0 Å². The van der Waals surface area contributed by atoms with E-state index in [2.05, 4.69) is 10.3 Å². The highest BCUT2D eigenvalue weighted by Gasteiger charge is 2.19. The number of rotatable bonds is 6. The smallest absolute Gasteiger partial charge is 0.261 e. The second kappa shape index (κ2) is 9.01. The van der Waals surface area contributed by atoms with Crippen molar-refractivity contribution in [1.82, 2.24) is 5.32 Å². The van der Waals surface area contributed by atoms with Crippen LogP contribution >= 0.6 is 34.5 Å². The summed E-state index contributed by atoms with van der Waals surface area (Å²) in [4.78, 5) is 17.2. The van der Waals surface area contributed by atoms with Crippen LogP contribution in [0.25, 0.3) is 0 Å². The Morgan fingerprint density at radius 2 is 2.16 bits per heavy atom. The van der Waals surface area contributed by atoms with E-state index >= 15 is 0 Å². The number of thiophene rings is 1. The standard InChI is InChI=1S/C17H18Cl2N4OS/c1-22-13(5-6-20)12-8-15(25-16(12)19)17(24)23-14(9-21)10-3-2-4-11(18)7-10/h2-8,14H,9,20-21H2,1H3,(H,23,24). The number of allylic oxidation sites excluding steroid dienone is 1. The van der Waals surface area contributed by atoms with Gasteiger partial charge in [-0.15, -0.1) is 11.3 Å². The SMILES string of the molecule is CN=C(C=CN)c1cc(C(=O)NC(CN)c2cccc(Cl)c2)sc1Cl. The molecule has 0 saturated heterocycles. The number of aliphatic imine (C=N–C) groups is 1. The van der Waals surface area contributed by atoms with E-state index in [-0.39, 0.29) is 18.5 Å². The lowest BCUT2D eigenvalue weighted by molar-refractivity contribution is 0.0942. The Kier molecular flexibility index (Phi) is 7.01. The minimum absolute atomic E-state index is 0.246. The van der Waals surface area contributed by atoms with Gasteiger partial charge in [0.2, 0.25) is 0 Å². The fourth-order valence-corrected chi connectivity index (χ4v) is 3.66. The Morgan fingerprint density at radius 1 is 1.40 bits per heavy atom. The molecule has 1 unspecified atom stereocenters. The van der Waals surface area contributed by atoms with Gasteiger partial charge in [-0.3, -0.25) is 9.79 Å². The molecule has 2 aromatic rings. The quantitative estimate of drug-likeness (QED) is 0.653. The zero-order valence-electron chi connectivity index (χ0n) is 13.5. The van der Waals surface area contributed by atoms with Crippen LogP contribution in [0, 0.1) is 0 Å². The van der Waals surface area contributed by atoms with Gasteiger partial charge in [-0.25, -0.2) is 0 Å². The van der Waals surface area contributed by atoms with E-state index in [9.17, 15) is 4.79 Å². The van der Waals surface area contributed by atoms with E-state index < -0.39 is 0 Å². The van der Waals surface area contributed by atoms with Gasteiger partial charge >= 0.3 is 0 Å². The summed E-state index contributed by atoms with van der Waals surface area (Å²) in [6, 6.07) is 8.57. The molecule has 0 fully saturated rings. The minimum Gasteiger partial charge on any atom is -0.405 e. The largest absolute Gasteiger partial charge is 0.405 e. The topological polar surface area (TPSA) is 93.5 Å². The van der Waals surface area contributed by atoms with E-state index in [0.29, 0.717) is 25.5 Å². The average molecular weight is 397 g/mol. The summed E-state index contributed by atoms with van der Waals surface area (Å²) < 4.78 is 0.468. The van der Waals surface area contributed by atoms with Crippen molar-refractivity contribution in [2.24, 2.45) is 16.5 Å². The molecule has 1 heterocycles. The lowest BCUT2D eigenvalue weighted by Crippen LogP contribution is -2.33. The maximum atomic E-state index is 12.6. The lowest BCUT2D eigenvalue weighted by Gasteiger charge is -2.17. The molecule has 2 rings (SSSR count). The summed E-state index contributed by atoms with van der Waals surface area (Å²) in [5, 5.41) is 3.49. The van der Waals surface area contributed by atoms with Crippen molar-refractivity contribution in [1.29, 1.82) is 0 Å². The Balaban J connectivity index is 2.23. The van der Waals surface area contributed by atoms with Crippen molar-refractivity contribution in [3.8, 4) is 0 Å². The first-order valence-corrected chi connectivity index (χ1v) is 8.98. The number of nitrogens with one attached hydrogen (secondary N) is 1. The van der Waals surface area contributed by atoms with Gasteiger partial charge in [-0.05, 0) is 36.0 Å². The molecule has 5 nitrogen and oxygen atoms in total. The van der Waals surface area contributed by atoms with Gasteiger partial charge in [0, 0.05) is 24.2 Å². The first-order valence-electron chi connectivity index (χ1n) is 7.41. The second-order valence-electron chi connectivity index (χ2n) is 5.08. The summed E-state index contributed by atoms with van der Waals surface area (Å²) in [7, 11) is 1.63. The highest BCUT2D eigenvalue weighted by molar-refractivity contribution is 7.18. The number of amides is 1. The maximum absolute atomic E-state index is 12.6. The molecule has 0 aliphatic carbocycles. The average Bonchev–Trinajstić information content (AvgIpc) is 2.99. The van der Waals surface area contributed by atoms with Gasteiger partial charge in [-0.2, -0.15) is 0 Å². The Labute approximate surface area is 160 Å². The Bertz CT molecular complexity index is 817. The third kappa shape index (κ3) is 4.83. The summed E-state index contributed by atoms with van der Waals surface area (Å²) in [5.74, 6) is -0.263. The molecule has 0 saturated carbocycles. The number of hydrogen-bond donors (Lipinski definition) is 3. The van der Waals surface area contributed by atoms with Crippen LogP contribution in [0.2, 0.25) is 9.36 Å². The molecule has 8 heteroatoms. The van der Waals surface area contributed by atoms with Crippen LogP contribution in [0.4, 0.5) is 0 Å². The van der Waals surface area contributed by atoms with Crippen LogP contribution in [-0.2, 0) is 0 Å². The summed E-state index contributed by atoms with van der Waals surface area (Å²) in [5.41, 5.74) is 13.3. The van der Waals surface area contributed by atoms with Gasteiger partial charge < -0.3 is 16.8 Å². The Morgan fingerprint density at radius 3 is 2.76 bits per heavy atom. The number of nitrogens with zero attached hydrogens (tertiary/aromatic N) is 1. The first kappa shape index (κ1) is 19.5. The fraction of sp³-hybridized carbons (Fsp3) is 0.176. The van der Waals surface area contributed by atoms with Crippen LogP contribution in [-0.4, -0.2) is 25.2 Å². The van der Waals surface area contributed by atoms with Gasteiger partial charge in [0.1, 0.15) is 4.34 Å². The molecule has 0 radical (unpaired) electrons. The van der Waals surface area contributed by atoms with Crippen LogP contribution in [0.1, 0.15) is 26.8 Å². The first-order chi connectivity index (χ1) is 12.0. The third-order valence-electron chi connectivity index (χ3n) is 3.47. The third-order valence-corrected chi connectivity index (χ3v) is 5.07. The van der Waals surface area contributed by atoms with Crippen molar-refractivity contribution < 1.29 is 4.79 Å². The normalized spacial score (nSPS) is 13.2. The van der Waals surface area contributed by atoms with E-state index in [4.69, 9.17) is 34.7 Å². The highest BCUT2D eigenvalue weighted by atomic mass is 35.5. The summed E-state index contributed by atoms with van der Waals surface area (Å²) >= 11 is 13.4.